The predicted molar refractivity (Wildman–Crippen MR) is 70.9 cm³/mol. The first-order chi connectivity index (χ1) is 8.61. The van der Waals surface area contributed by atoms with Crippen LogP contribution in [0.2, 0.25) is 5.15 Å². The molecule has 1 unspecified atom stereocenters. The van der Waals surface area contributed by atoms with E-state index in [-0.39, 0.29) is 11.9 Å². The maximum Gasteiger partial charge on any atom is 0.217 e. The van der Waals surface area contributed by atoms with E-state index in [2.05, 4.69) is 20.2 Å². The molecule has 1 aliphatic heterocycles. The van der Waals surface area contributed by atoms with Gasteiger partial charge in [-0.1, -0.05) is 18.5 Å². The van der Waals surface area contributed by atoms with Gasteiger partial charge in [0.2, 0.25) is 5.91 Å². The lowest BCUT2D eigenvalue weighted by atomic mass is 10.2. The second-order valence-corrected chi connectivity index (χ2v) is 4.81. The molecule has 0 bridgehead atoms. The predicted octanol–water partition coefficient (Wildman–Crippen LogP) is 1.41. The molecule has 0 radical (unpaired) electrons. The molecule has 0 aliphatic carbocycles. The summed E-state index contributed by atoms with van der Waals surface area (Å²) in [4.78, 5) is 21.5. The molecule has 1 N–H and O–H groups in total. The molecule has 2 heterocycles. The number of nitrogens with one attached hydrogen (secondary N) is 1. The number of nitrogens with zero attached hydrogens (tertiary/aromatic N) is 3. The highest BCUT2D eigenvalue weighted by atomic mass is 35.5. The fourth-order valence-electron chi connectivity index (χ4n) is 2.32. The van der Waals surface area contributed by atoms with Gasteiger partial charge in [-0.25, -0.2) is 9.97 Å². The van der Waals surface area contributed by atoms with Gasteiger partial charge < -0.3 is 10.2 Å². The Morgan fingerprint density at radius 3 is 3.06 bits per heavy atom. The summed E-state index contributed by atoms with van der Waals surface area (Å²) in [5, 5.41) is 3.46. The molecule has 18 heavy (non-hydrogen) atoms. The van der Waals surface area contributed by atoms with Gasteiger partial charge in [0.05, 0.1) is 0 Å². The van der Waals surface area contributed by atoms with Gasteiger partial charge in [-0.15, -0.1) is 0 Å². The number of carbonyl (C=O) groups excluding carboxylic acids is 1. The topological polar surface area (TPSA) is 58.1 Å². The van der Waals surface area contributed by atoms with Crippen molar-refractivity contribution in [3.8, 4) is 0 Å². The fourth-order valence-corrected chi connectivity index (χ4v) is 2.58. The molecule has 1 aromatic heterocycles. The molecular formula is C12H17ClN4O. The van der Waals surface area contributed by atoms with Crippen LogP contribution in [0.4, 0.5) is 5.82 Å². The van der Waals surface area contributed by atoms with E-state index in [1.54, 1.807) is 6.92 Å². The van der Waals surface area contributed by atoms with Crippen molar-refractivity contribution in [2.24, 2.45) is 0 Å². The Morgan fingerprint density at radius 1 is 1.61 bits per heavy atom. The summed E-state index contributed by atoms with van der Waals surface area (Å²) in [6.45, 7) is 5.24. The van der Waals surface area contributed by atoms with Crippen LogP contribution in [0.25, 0.3) is 0 Å². The van der Waals surface area contributed by atoms with E-state index in [0.29, 0.717) is 5.15 Å². The summed E-state index contributed by atoms with van der Waals surface area (Å²) in [7, 11) is 0. The van der Waals surface area contributed by atoms with Crippen LogP contribution >= 0.6 is 11.6 Å². The van der Waals surface area contributed by atoms with Crippen molar-refractivity contribution in [1.82, 2.24) is 15.3 Å². The molecule has 1 aliphatic rings. The Labute approximate surface area is 112 Å². The second-order valence-electron chi connectivity index (χ2n) is 4.45. The maximum atomic E-state index is 11.0. The van der Waals surface area contributed by atoms with Crippen molar-refractivity contribution < 1.29 is 4.79 Å². The summed E-state index contributed by atoms with van der Waals surface area (Å²) >= 11 is 6.08. The van der Waals surface area contributed by atoms with Crippen molar-refractivity contribution >= 4 is 23.3 Å². The molecule has 1 aromatic rings. The van der Waals surface area contributed by atoms with Crippen molar-refractivity contribution in [2.75, 3.05) is 18.0 Å². The number of hydrogen-bond donors (Lipinski definition) is 1. The molecular weight excluding hydrogens is 252 g/mol. The Balaban J connectivity index is 2.14. The molecule has 0 saturated carbocycles. The average molecular weight is 269 g/mol. The number of hydrogen-bond acceptors (Lipinski definition) is 4. The molecule has 2 rings (SSSR count). The highest BCUT2D eigenvalue weighted by molar-refractivity contribution is 6.30. The minimum Gasteiger partial charge on any atom is -0.354 e. The van der Waals surface area contributed by atoms with E-state index in [1.165, 1.54) is 6.33 Å². The third-order valence-corrected chi connectivity index (χ3v) is 3.44. The van der Waals surface area contributed by atoms with Crippen LogP contribution in [-0.4, -0.2) is 35.0 Å². The summed E-state index contributed by atoms with van der Waals surface area (Å²) in [5.74, 6) is 0.906. The second kappa shape index (κ2) is 5.52. The summed E-state index contributed by atoms with van der Waals surface area (Å²) in [6, 6.07) is 0.195. The van der Waals surface area contributed by atoms with E-state index in [9.17, 15) is 4.79 Å². The van der Waals surface area contributed by atoms with Gasteiger partial charge in [0.25, 0.3) is 0 Å². The van der Waals surface area contributed by atoms with Gasteiger partial charge in [-0.05, 0) is 12.8 Å². The monoisotopic (exact) mass is 268 g/mol. The van der Waals surface area contributed by atoms with Crippen LogP contribution in [-0.2, 0) is 11.2 Å². The number of anilines is 1. The molecule has 0 spiro atoms. The smallest absolute Gasteiger partial charge is 0.217 e. The van der Waals surface area contributed by atoms with Gasteiger partial charge in [0.1, 0.15) is 17.3 Å². The van der Waals surface area contributed by atoms with Crippen LogP contribution in [0.1, 0.15) is 25.8 Å². The SMILES string of the molecule is CCc1c(Cl)ncnc1N1CCC(NC(C)=O)C1. The standard InChI is InChI=1S/C12H17ClN4O/c1-3-10-11(13)14-7-15-12(10)17-5-4-9(6-17)16-8(2)18/h7,9H,3-6H2,1-2H3,(H,16,18). The number of aromatic nitrogens is 2. The molecule has 98 valence electrons. The highest BCUT2D eigenvalue weighted by Crippen LogP contribution is 2.26. The zero-order valence-corrected chi connectivity index (χ0v) is 11.4. The molecule has 6 heteroatoms. The first-order valence-electron chi connectivity index (χ1n) is 6.13. The minimum atomic E-state index is 0.0123. The zero-order valence-electron chi connectivity index (χ0n) is 10.6. The van der Waals surface area contributed by atoms with Crippen LogP contribution in [0, 0.1) is 0 Å². The molecule has 0 aromatic carbocycles. The van der Waals surface area contributed by atoms with Crippen molar-refractivity contribution in [3.05, 3.63) is 17.0 Å². The number of halogens is 1. The summed E-state index contributed by atoms with van der Waals surface area (Å²) in [5.41, 5.74) is 0.975. The lowest BCUT2D eigenvalue weighted by molar-refractivity contribution is -0.119. The third-order valence-electron chi connectivity index (χ3n) is 3.12. The lowest BCUT2D eigenvalue weighted by Crippen LogP contribution is -2.35. The van der Waals surface area contributed by atoms with Gasteiger partial charge in [-0.2, -0.15) is 0 Å². The van der Waals surface area contributed by atoms with Crippen LogP contribution in [0.5, 0.6) is 0 Å². The molecule has 1 atom stereocenters. The Hall–Kier alpha value is -1.36. The molecule has 1 saturated heterocycles. The van der Waals surface area contributed by atoms with E-state index < -0.39 is 0 Å². The summed E-state index contributed by atoms with van der Waals surface area (Å²) in [6.07, 6.45) is 3.23. The number of rotatable bonds is 3. The first-order valence-corrected chi connectivity index (χ1v) is 6.51. The van der Waals surface area contributed by atoms with Crippen molar-refractivity contribution in [3.63, 3.8) is 0 Å². The highest BCUT2D eigenvalue weighted by Gasteiger charge is 2.26. The summed E-state index contributed by atoms with van der Waals surface area (Å²) < 4.78 is 0. The van der Waals surface area contributed by atoms with Crippen molar-refractivity contribution in [1.29, 1.82) is 0 Å². The zero-order chi connectivity index (χ0) is 13.1. The van der Waals surface area contributed by atoms with Gasteiger partial charge >= 0.3 is 0 Å². The molecule has 5 nitrogen and oxygen atoms in total. The van der Waals surface area contributed by atoms with Crippen LogP contribution in [0.3, 0.4) is 0 Å². The Kier molecular flexibility index (Phi) is 4.01. The van der Waals surface area contributed by atoms with Crippen molar-refractivity contribution in [2.45, 2.75) is 32.7 Å². The van der Waals surface area contributed by atoms with Gasteiger partial charge in [-0.3, -0.25) is 4.79 Å². The maximum absolute atomic E-state index is 11.0. The van der Waals surface area contributed by atoms with E-state index in [0.717, 1.165) is 37.3 Å². The number of carbonyl (C=O) groups is 1. The van der Waals surface area contributed by atoms with Crippen LogP contribution in [0.15, 0.2) is 6.33 Å². The largest absolute Gasteiger partial charge is 0.354 e. The Morgan fingerprint density at radius 2 is 2.39 bits per heavy atom. The molecule has 1 amide bonds. The average Bonchev–Trinajstić information content (AvgIpc) is 2.76. The quantitative estimate of drug-likeness (QED) is 0.842. The minimum absolute atomic E-state index is 0.0123. The lowest BCUT2D eigenvalue weighted by Gasteiger charge is -2.20. The van der Waals surface area contributed by atoms with E-state index in [1.807, 2.05) is 6.92 Å². The third kappa shape index (κ3) is 2.72. The van der Waals surface area contributed by atoms with Gasteiger partial charge in [0.15, 0.2) is 0 Å². The molecule has 1 fully saturated rings. The number of amides is 1. The van der Waals surface area contributed by atoms with Crippen LogP contribution < -0.4 is 10.2 Å². The fraction of sp³-hybridized carbons (Fsp3) is 0.583. The van der Waals surface area contributed by atoms with E-state index in [4.69, 9.17) is 11.6 Å². The van der Waals surface area contributed by atoms with Gasteiger partial charge in [0, 0.05) is 31.6 Å². The Bertz CT molecular complexity index is 452. The normalized spacial score (nSPS) is 19.1. The van der Waals surface area contributed by atoms with E-state index >= 15 is 0 Å². The first kappa shape index (κ1) is 13.1.